The van der Waals surface area contributed by atoms with Gasteiger partial charge in [-0.15, -0.1) is 0 Å². The van der Waals surface area contributed by atoms with Crippen LogP contribution in [-0.4, -0.2) is 38.9 Å². The number of nitrogens with one attached hydrogen (secondary N) is 3. The second kappa shape index (κ2) is 7.20. The predicted molar refractivity (Wildman–Crippen MR) is 76.9 cm³/mol. The van der Waals surface area contributed by atoms with Gasteiger partial charge in [0, 0.05) is 26.0 Å². The summed E-state index contributed by atoms with van der Waals surface area (Å²) in [5.41, 5.74) is 0.471. The zero-order chi connectivity index (χ0) is 15.2. The number of pyridine rings is 1. The molecule has 0 saturated carbocycles. The van der Waals surface area contributed by atoms with Crippen molar-refractivity contribution in [3.8, 4) is 0 Å². The number of aromatic nitrogens is 1. The highest BCUT2D eigenvalue weighted by atomic mass is 32.2. The van der Waals surface area contributed by atoms with E-state index in [0.29, 0.717) is 12.2 Å². The minimum Gasteiger partial charge on any atom is -0.384 e. The average Bonchev–Trinajstić information content (AvgIpc) is 2.43. The summed E-state index contributed by atoms with van der Waals surface area (Å²) >= 11 is 0. The van der Waals surface area contributed by atoms with Gasteiger partial charge in [0.1, 0.15) is 4.90 Å². The molecule has 8 heteroatoms. The number of sulfonamides is 1. The van der Waals surface area contributed by atoms with Crippen molar-refractivity contribution in [3.63, 3.8) is 0 Å². The number of rotatable bonds is 7. The Kier molecular flexibility index (Phi) is 5.90. The molecule has 1 amide bonds. The van der Waals surface area contributed by atoms with Gasteiger partial charge in [-0.05, 0) is 19.4 Å². The van der Waals surface area contributed by atoms with E-state index >= 15 is 0 Å². The third-order valence-corrected chi connectivity index (χ3v) is 4.18. The smallest absolute Gasteiger partial charge is 0.244 e. The Hall–Kier alpha value is -1.67. The van der Waals surface area contributed by atoms with E-state index in [4.69, 9.17) is 0 Å². The first-order valence-electron chi connectivity index (χ1n) is 6.34. The lowest BCUT2D eigenvalue weighted by Crippen LogP contribution is -2.43. The highest BCUT2D eigenvalue weighted by Crippen LogP contribution is 2.19. The summed E-state index contributed by atoms with van der Waals surface area (Å²) in [6, 6.07) is 0.735. The number of hydrogen-bond donors (Lipinski definition) is 3. The van der Waals surface area contributed by atoms with Gasteiger partial charge in [0.2, 0.25) is 15.9 Å². The van der Waals surface area contributed by atoms with Gasteiger partial charge in [-0.25, -0.2) is 8.42 Å². The highest BCUT2D eigenvalue weighted by Gasteiger charge is 2.23. The van der Waals surface area contributed by atoms with Crippen molar-refractivity contribution in [2.45, 2.75) is 31.2 Å². The summed E-state index contributed by atoms with van der Waals surface area (Å²) in [4.78, 5) is 15.3. The maximum Gasteiger partial charge on any atom is 0.244 e. The van der Waals surface area contributed by atoms with Crippen LogP contribution in [0.5, 0.6) is 0 Å². The molecule has 1 unspecified atom stereocenters. The monoisotopic (exact) mass is 300 g/mol. The van der Waals surface area contributed by atoms with Gasteiger partial charge in [-0.3, -0.25) is 9.78 Å². The van der Waals surface area contributed by atoms with Gasteiger partial charge < -0.3 is 10.6 Å². The number of anilines is 1. The molecule has 112 valence electrons. The van der Waals surface area contributed by atoms with Crippen molar-refractivity contribution in [2.24, 2.45) is 0 Å². The van der Waals surface area contributed by atoms with Crippen molar-refractivity contribution in [3.05, 3.63) is 18.5 Å². The van der Waals surface area contributed by atoms with E-state index in [-0.39, 0.29) is 4.90 Å². The second-order valence-electron chi connectivity index (χ2n) is 4.26. The first-order chi connectivity index (χ1) is 9.42. The maximum absolute atomic E-state index is 12.3. The van der Waals surface area contributed by atoms with Gasteiger partial charge in [-0.1, -0.05) is 6.92 Å². The van der Waals surface area contributed by atoms with Gasteiger partial charge in [0.05, 0.1) is 11.7 Å². The fourth-order valence-electron chi connectivity index (χ4n) is 1.57. The summed E-state index contributed by atoms with van der Waals surface area (Å²) in [6.07, 6.45) is 3.64. The van der Waals surface area contributed by atoms with E-state index in [9.17, 15) is 13.2 Å². The lowest BCUT2D eigenvalue weighted by atomic mass is 10.3. The summed E-state index contributed by atoms with van der Waals surface area (Å²) in [6.45, 7) is 4.11. The van der Waals surface area contributed by atoms with E-state index < -0.39 is 22.0 Å². The Morgan fingerprint density at radius 1 is 1.45 bits per heavy atom. The molecule has 20 heavy (non-hydrogen) atoms. The molecule has 0 aliphatic heterocycles. The molecule has 0 saturated heterocycles. The topological polar surface area (TPSA) is 100 Å². The van der Waals surface area contributed by atoms with Crippen LogP contribution in [0.2, 0.25) is 0 Å². The van der Waals surface area contributed by atoms with Gasteiger partial charge in [0.15, 0.2) is 0 Å². The summed E-state index contributed by atoms with van der Waals surface area (Å²) in [7, 11) is -2.36. The SMILES string of the molecule is CCCNc1ccncc1S(=O)(=O)NC(C)C(=O)NC. The standard InChI is InChI=1S/C12H20N4O3S/c1-4-6-15-10-5-7-14-8-11(10)20(18,19)16-9(2)12(17)13-3/h5,7-9,16H,4,6H2,1-3H3,(H,13,17)(H,14,15). The Morgan fingerprint density at radius 3 is 2.75 bits per heavy atom. The summed E-state index contributed by atoms with van der Waals surface area (Å²) < 4.78 is 26.9. The molecule has 0 bridgehead atoms. The summed E-state index contributed by atoms with van der Waals surface area (Å²) in [5.74, 6) is -0.402. The summed E-state index contributed by atoms with van der Waals surface area (Å²) in [5, 5.41) is 5.42. The lowest BCUT2D eigenvalue weighted by Gasteiger charge is -2.15. The maximum atomic E-state index is 12.3. The molecule has 1 aromatic heterocycles. The Labute approximate surface area is 119 Å². The van der Waals surface area contributed by atoms with Crippen LogP contribution >= 0.6 is 0 Å². The number of likely N-dealkylation sites (N-methyl/N-ethyl adjacent to an activating group) is 1. The molecular formula is C12H20N4O3S. The molecule has 0 radical (unpaired) electrons. The molecular weight excluding hydrogens is 280 g/mol. The number of hydrogen-bond acceptors (Lipinski definition) is 5. The molecule has 1 rings (SSSR count). The molecule has 1 atom stereocenters. The Morgan fingerprint density at radius 2 is 2.15 bits per heavy atom. The molecule has 0 aliphatic carbocycles. The van der Waals surface area contributed by atoms with Crippen LogP contribution in [0.15, 0.2) is 23.4 Å². The molecule has 0 fully saturated rings. The third-order valence-electron chi connectivity index (χ3n) is 2.61. The molecule has 1 heterocycles. The van der Waals surface area contributed by atoms with Gasteiger partial charge in [-0.2, -0.15) is 4.72 Å². The number of carbonyl (C=O) groups is 1. The van der Waals surface area contributed by atoms with Crippen LogP contribution in [0.1, 0.15) is 20.3 Å². The first kappa shape index (κ1) is 16.4. The normalized spacial score (nSPS) is 12.8. The molecule has 0 spiro atoms. The largest absolute Gasteiger partial charge is 0.384 e. The van der Waals surface area contributed by atoms with Crippen LogP contribution < -0.4 is 15.4 Å². The van der Waals surface area contributed by atoms with E-state index in [1.54, 1.807) is 6.07 Å². The van der Waals surface area contributed by atoms with Crippen molar-refractivity contribution in [1.82, 2.24) is 15.0 Å². The first-order valence-corrected chi connectivity index (χ1v) is 7.82. The number of carbonyl (C=O) groups excluding carboxylic acids is 1. The van der Waals surface area contributed by atoms with Gasteiger partial charge >= 0.3 is 0 Å². The zero-order valence-corrected chi connectivity index (χ0v) is 12.6. The van der Waals surface area contributed by atoms with E-state index in [0.717, 1.165) is 6.42 Å². The van der Waals surface area contributed by atoms with E-state index in [1.165, 1.54) is 26.4 Å². The lowest BCUT2D eigenvalue weighted by molar-refractivity contribution is -0.121. The van der Waals surface area contributed by atoms with E-state index in [2.05, 4.69) is 20.3 Å². The second-order valence-corrected chi connectivity index (χ2v) is 5.94. The number of nitrogens with zero attached hydrogens (tertiary/aromatic N) is 1. The van der Waals surface area contributed by atoms with Crippen molar-refractivity contribution in [1.29, 1.82) is 0 Å². The van der Waals surface area contributed by atoms with Crippen LogP contribution in [0, 0.1) is 0 Å². The van der Waals surface area contributed by atoms with Gasteiger partial charge in [0.25, 0.3) is 0 Å². The zero-order valence-electron chi connectivity index (χ0n) is 11.8. The molecule has 1 aromatic rings. The van der Waals surface area contributed by atoms with Crippen molar-refractivity contribution < 1.29 is 13.2 Å². The van der Waals surface area contributed by atoms with Crippen molar-refractivity contribution in [2.75, 3.05) is 18.9 Å². The highest BCUT2D eigenvalue weighted by molar-refractivity contribution is 7.89. The fraction of sp³-hybridized carbons (Fsp3) is 0.500. The fourth-order valence-corrected chi connectivity index (χ4v) is 2.89. The van der Waals surface area contributed by atoms with Crippen LogP contribution in [0.25, 0.3) is 0 Å². The average molecular weight is 300 g/mol. The molecule has 0 aromatic carbocycles. The van der Waals surface area contributed by atoms with Crippen LogP contribution in [0.4, 0.5) is 5.69 Å². The van der Waals surface area contributed by atoms with Crippen molar-refractivity contribution >= 4 is 21.6 Å². The molecule has 7 nitrogen and oxygen atoms in total. The minimum absolute atomic E-state index is 0.0317. The predicted octanol–water partition coefficient (Wildman–Crippen LogP) is 0.316. The van der Waals surface area contributed by atoms with Crippen LogP contribution in [-0.2, 0) is 14.8 Å². The third kappa shape index (κ3) is 4.17. The minimum atomic E-state index is -3.81. The van der Waals surface area contributed by atoms with Crippen LogP contribution in [0.3, 0.4) is 0 Å². The quantitative estimate of drug-likeness (QED) is 0.673. The Balaban J connectivity index is 3.00. The Bertz CT molecular complexity index is 560. The molecule has 3 N–H and O–H groups in total. The number of amides is 1. The van der Waals surface area contributed by atoms with E-state index in [1.807, 2.05) is 6.92 Å². The molecule has 0 aliphatic rings.